The summed E-state index contributed by atoms with van der Waals surface area (Å²) in [6, 6.07) is 8.52. The first-order valence-corrected chi connectivity index (χ1v) is 9.67. The maximum atomic E-state index is 4.40. The summed E-state index contributed by atoms with van der Waals surface area (Å²) >= 11 is 0. The van der Waals surface area contributed by atoms with E-state index >= 15 is 0 Å². The highest BCUT2D eigenvalue weighted by atomic mass is 127. The van der Waals surface area contributed by atoms with Gasteiger partial charge in [-0.3, -0.25) is 4.99 Å². The van der Waals surface area contributed by atoms with Gasteiger partial charge in [-0.1, -0.05) is 36.2 Å². The van der Waals surface area contributed by atoms with Crippen molar-refractivity contribution >= 4 is 29.9 Å². The van der Waals surface area contributed by atoms with E-state index in [1.807, 2.05) is 7.05 Å². The molecule has 1 aromatic carbocycles. The first kappa shape index (κ1) is 21.7. The highest BCUT2D eigenvalue weighted by Gasteiger charge is 2.14. The van der Waals surface area contributed by atoms with Crippen LogP contribution in [0.1, 0.15) is 48.5 Å². The van der Waals surface area contributed by atoms with Crippen LogP contribution in [-0.2, 0) is 25.9 Å². The topological polar surface area (TPSA) is 67.1 Å². The number of guanidine groups is 1. The molecule has 0 amide bonds. The number of nitrogens with zero attached hydrogens (tertiary/aromatic N) is 4. The van der Waals surface area contributed by atoms with Crippen LogP contribution in [0.15, 0.2) is 29.3 Å². The zero-order chi connectivity index (χ0) is 18.2. The van der Waals surface area contributed by atoms with Crippen LogP contribution in [0.4, 0.5) is 0 Å². The van der Waals surface area contributed by atoms with Gasteiger partial charge in [-0.15, -0.1) is 34.2 Å². The van der Waals surface area contributed by atoms with E-state index in [-0.39, 0.29) is 24.0 Å². The van der Waals surface area contributed by atoms with Crippen molar-refractivity contribution in [3.8, 4) is 0 Å². The van der Waals surface area contributed by atoms with Gasteiger partial charge in [-0.05, 0) is 31.7 Å². The van der Waals surface area contributed by atoms with Crippen LogP contribution < -0.4 is 10.6 Å². The number of rotatable bonds is 6. The molecule has 2 heterocycles. The van der Waals surface area contributed by atoms with Gasteiger partial charge in [-0.2, -0.15) is 0 Å². The summed E-state index contributed by atoms with van der Waals surface area (Å²) in [4.78, 5) is 4.30. The number of aromatic nitrogens is 3. The van der Waals surface area contributed by atoms with Crippen LogP contribution in [0.25, 0.3) is 0 Å². The molecule has 1 aliphatic heterocycles. The highest BCUT2D eigenvalue weighted by Crippen LogP contribution is 2.15. The van der Waals surface area contributed by atoms with E-state index in [0.29, 0.717) is 0 Å². The molecule has 0 bridgehead atoms. The van der Waals surface area contributed by atoms with Crippen molar-refractivity contribution < 1.29 is 0 Å². The molecule has 7 heteroatoms. The SMILES string of the molecule is CN=C(NCCCc1nnc2n1CCCCC2)NCc1cccc(C)c1.I. The predicted molar refractivity (Wildman–Crippen MR) is 121 cm³/mol. The molecule has 1 aromatic heterocycles. The molecule has 1 aliphatic rings. The van der Waals surface area contributed by atoms with Crippen LogP contribution in [0, 0.1) is 6.92 Å². The van der Waals surface area contributed by atoms with Gasteiger partial charge in [0.15, 0.2) is 5.96 Å². The van der Waals surface area contributed by atoms with Crippen LogP contribution in [0.3, 0.4) is 0 Å². The number of benzene rings is 1. The van der Waals surface area contributed by atoms with Gasteiger partial charge in [0.25, 0.3) is 0 Å². The van der Waals surface area contributed by atoms with Crippen molar-refractivity contribution in [3.05, 3.63) is 47.0 Å². The van der Waals surface area contributed by atoms with Gasteiger partial charge in [0.05, 0.1) is 0 Å². The number of fused-ring (bicyclic) bond motifs is 1. The molecule has 2 aromatic rings. The molecule has 0 spiro atoms. The number of hydrogen-bond donors (Lipinski definition) is 2. The summed E-state index contributed by atoms with van der Waals surface area (Å²) in [5.74, 6) is 3.14. The summed E-state index contributed by atoms with van der Waals surface area (Å²) in [7, 11) is 1.81. The lowest BCUT2D eigenvalue weighted by Gasteiger charge is -2.12. The first-order chi connectivity index (χ1) is 12.8. The number of nitrogens with one attached hydrogen (secondary N) is 2. The standard InChI is InChI=1S/C20H30N6.HI/c1-16-8-6-9-17(14-16)15-23-20(21-2)22-12-7-11-19-25-24-18-10-4-3-5-13-26(18)19;/h6,8-9,14H,3-5,7,10-13,15H2,1-2H3,(H2,21,22,23);1H. The van der Waals surface area contributed by atoms with Gasteiger partial charge in [0, 0.05) is 39.5 Å². The largest absolute Gasteiger partial charge is 0.356 e. The van der Waals surface area contributed by atoms with E-state index in [9.17, 15) is 0 Å². The second-order valence-electron chi connectivity index (χ2n) is 6.94. The van der Waals surface area contributed by atoms with Gasteiger partial charge >= 0.3 is 0 Å². The third kappa shape index (κ3) is 6.48. The summed E-state index contributed by atoms with van der Waals surface area (Å²) in [5, 5.41) is 15.5. The Morgan fingerprint density at radius 3 is 2.89 bits per heavy atom. The molecule has 0 aliphatic carbocycles. The molecule has 0 fully saturated rings. The average molecular weight is 482 g/mol. The van der Waals surface area contributed by atoms with Gasteiger partial charge < -0.3 is 15.2 Å². The molecule has 0 radical (unpaired) electrons. The van der Waals surface area contributed by atoms with Crippen molar-refractivity contribution in [1.82, 2.24) is 25.4 Å². The lowest BCUT2D eigenvalue weighted by atomic mass is 10.1. The zero-order valence-electron chi connectivity index (χ0n) is 16.4. The fourth-order valence-electron chi connectivity index (χ4n) is 3.41. The minimum Gasteiger partial charge on any atom is -0.356 e. The van der Waals surface area contributed by atoms with Gasteiger partial charge in [-0.25, -0.2) is 0 Å². The zero-order valence-corrected chi connectivity index (χ0v) is 18.7. The fourth-order valence-corrected chi connectivity index (χ4v) is 3.41. The second kappa shape index (κ2) is 11.3. The number of hydrogen-bond acceptors (Lipinski definition) is 3. The van der Waals surface area contributed by atoms with Crippen molar-refractivity contribution in [3.63, 3.8) is 0 Å². The Balaban J connectivity index is 0.00000261. The average Bonchev–Trinajstić information content (AvgIpc) is 2.87. The number of halogens is 1. The van der Waals surface area contributed by atoms with Crippen molar-refractivity contribution in [2.45, 2.75) is 58.5 Å². The first-order valence-electron chi connectivity index (χ1n) is 9.67. The molecule has 6 nitrogen and oxygen atoms in total. The third-order valence-electron chi connectivity index (χ3n) is 4.82. The van der Waals surface area contributed by atoms with Crippen LogP contribution in [-0.4, -0.2) is 34.3 Å². The number of aryl methyl sites for hydroxylation is 3. The van der Waals surface area contributed by atoms with Crippen LogP contribution >= 0.6 is 24.0 Å². The normalized spacial score (nSPS) is 14.1. The summed E-state index contributed by atoms with van der Waals surface area (Å²) < 4.78 is 2.33. The minimum atomic E-state index is 0. The Kier molecular flexibility index (Phi) is 9.03. The van der Waals surface area contributed by atoms with E-state index in [0.717, 1.165) is 50.7 Å². The quantitative estimate of drug-likeness (QED) is 0.287. The maximum Gasteiger partial charge on any atom is 0.191 e. The lowest BCUT2D eigenvalue weighted by molar-refractivity contribution is 0.594. The lowest BCUT2D eigenvalue weighted by Crippen LogP contribution is -2.37. The molecule has 0 saturated carbocycles. The van der Waals surface area contributed by atoms with E-state index in [4.69, 9.17) is 0 Å². The maximum absolute atomic E-state index is 4.40. The molecular formula is C20H31IN6. The molecule has 3 rings (SSSR count). The molecule has 148 valence electrons. The van der Waals surface area contributed by atoms with E-state index in [1.165, 1.54) is 36.2 Å². The van der Waals surface area contributed by atoms with Crippen LogP contribution in [0.2, 0.25) is 0 Å². The molecule has 2 N–H and O–H groups in total. The van der Waals surface area contributed by atoms with E-state index in [1.54, 1.807) is 0 Å². The Labute approximate surface area is 179 Å². The fraction of sp³-hybridized carbons (Fsp3) is 0.550. The van der Waals surface area contributed by atoms with E-state index in [2.05, 4.69) is 61.6 Å². The predicted octanol–water partition coefficient (Wildman–Crippen LogP) is 3.23. The van der Waals surface area contributed by atoms with E-state index < -0.39 is 0 Å². The second-order valence-corrected chi connectivity index (χ2v) is 6.94. The molecule has 0 saturated heterocycles. The number of aliphatic imine (C=N–C) groups is 1. The Morgan fingerprint density at radius 1 is 1.19 bits per heavy atom. The smallest absolute Gasteiger partial charge is 0.191 e. The van der Waals surface area contributed by atoms with Crippen LogP contribution in [0.5, 0.6) is 0 Å². The third-order valence-corrected chi connectivity index (χ3v) is 4.82. The Hall–Kier alpha value is -1.64. The summed E-state index contributed by atoms with van der Waals surface area (Å²) in [5.41, 5.74) is 2.54. The Morgan fingerprint density at radius 2 is 2.07 bits per heavy atom. The molecule has 0 unspecified atom stereocenters. The monoisotopic (exact) mass is 482 g/mol. The Bertz CT molecular complexity index is 740. The highest BCUT2D eigenvalue weighted by molar-refractivity contribution is 14.0. The summed E-state index contributed by atoms with van der Waals surface area (Å²) in [6.07, 6.45) is 6.82. The molecular weight excluding hydrogens is 451 g/mol. The minimum absolute atomic E-state index is 0. The van der Waals surface area contributed by atoms with Gasteiger partial charge in [0.2, 0.25) is 0 Å². The van der Waals surface area contributed by atoms with Crippen molar-refractivity contribution in [1.29, 1.82) is 0 Å². The van der Waals surface area contributed by atoms with Gasteiger partial charge in [0.1, 0.15) is 11.6 Å². The molecule has 0 atom stereocenters. The van der Waals surface area contributed by atoms with Crippen molar-refractivity contribution in [2.24, 2.45) is 4.99 Å². The van der Waals surface area contributed by atoms with Crippen molar-refractivity contribution in [2.75, 3.05) is 13.6 Å². The summed E-state index contributed by atoms with van der Waals surface area (Å²) in [6.45, 7) is 4.83. The molecule has 27 heavy (non-hydrogen) atoms.